The molecule has 0 aliphatic heterocycles. The summed E-state index contributed by atoms with van der Waals surface area (Å²) in [5.74, 6) is 1.41. The van der Waals surface area contributed by atoms with E-state index in [1.807, 2.05) is 0 Å². The van der Waals surface area contributed by atoms with Crippen LogP contribution in [-0.4, -0.2) is 18.3 Å². The molecule has 1 aromatic rings. The fraction of sp³-hybridized carbons (Fsp3) is 0.647. The fourth-order valence-corrected chi connectivity index (χ4v) is 2.82. The van der Waals surface area contributed by atoms with Gasteiger partial charge in [-0.1, -0.05) is 37.6 Å². The molecule has 1 aromatic carbocycles. The van der Waals surface area contributed by atoms with Crippen LogP contribution in [0.15, 0.2) is 24.3 Å². The number of rotatable bonds is 8. The number of hydrogen-bond acceptors (Lipinski definition) is 2. The summed E-state index contributed by atoms with van der Waals surface area (Å²) in [6, 6.07) is 9.23. The Hall–Kier alpha value is -0.860. The number of aliphatic hydroxyl groups excluding tert-OH is 1. The van der Waals surface area contributed by atoms with Crippen LogP contribution in [0.25, 0.3) is 0 Å². The molecule has 1 aliphatic rings. The third kappa shape index (κ3) is 4.05. The van der Waals surface area contributed by atoms with Crippen molar-refractivity contribution in [2.45, 2.75) is 45.6 Å². The second-order valence-corrected chi connectivity index (χ2v) is 5.87. The van der Waals surface area contributed by atoms with Crippen molar-refractivity contribution in [1.29, 1.82) is 0 Å². The summed E-state index contributed by atoms with van der Waals surface area (Å²) >= 11 is 0. The highest BCUT2D eigenvalue weighted by atomic mass is 16.3. The Morgan fingerprint density at radius 3 is 2.63 bits per heavy atom. The van der Waals surface area contributed by atoms with Gasteiger partial charge in [-0.3, -0.25) is 0 Å². The Labute approximate surface area is 117 Å². The zero-order valence-electron chi connectivity index (χ0n) is 12.2. The molecule has 2 atom stereocenters. The summed E-state index contributed by atoms with van der Waals surface area (Å²) < 4.78 is 0. The Morgan fingerprint density at radius 2 is 2.05 bits per heavy atom. The van der Waals surface area contributed by atoms with Crippen molar-refractivity contribution in [1.82, 2.24) is 5.32 Å². The van der Waals surface area contributed by atoms with E-state index in [4.69, 9.17) is 5.11 Å². The van der Waals surface area contributed by atoms with Gasteiger partial charge in [-0.25, -0.2) is 0 Å². The summed E-state index contributed by atoms with van der Waals surface area (Å²) in [7, 11) is 0. The number of hydrogen-bond donors (Lipinski definition) is 2. The van der Waals surface area contributed by atoms with Crippen molar-refractivity contribution in [2.75, 3.05) is 13.2 Å². The first kappa shape index (κ1) is 14.5. The minimum absolute atomic E-state index is 0.304. The molecular weight excluding hydrogens is 234 g/mol. The van der Waals surface area contributed by atoms with Crippen LogP contribution in [0.1, 0.15) is 49.8 Å². The Bertz CT molecular complexity index is 387. The van der Waals surface area contributed by atoms with Gasteiger partial charge in [-0.05, 0) is 55.7 Å². The monoisotopic (exact) mass is 261 g/mol. The average Bonchev–Trinajstić information content (AvgIpc) is 3.24. The molecule has 0 aromatic heterocycles. The van der Waals surface area contributed by atoms with E-state index in [1.54, 1.807) is 0 Å². The van der Waals surface area contributed by atoms with E-state index in [0.717, 1.165) is 25.3 Å². The van der Waals surface area contributed by atoms with Crippen molar-refractivity contribution >= 4 is 0 Å². The van der Waals surface area contributed by atoms with Gasteiger partial charge in [0.05, 0.1) is 0 Å². The Kier molecular flexibility index (Phi) is 5.41. The summed E-state index contributed by atoms with van der Waals surface area (Å²) in [6.07, 6.45) is 4.75. The molecular formula is C17H27NO. The molecule has 0 amide bonds. The molecule has 1 fully saturated rings. The third-order valence-corrected chi connectivity index (χ3v) is 4.36. The smallest absolute Gasteiger partial charge is 0.0434 e. The molecule has 0 bridgehead atoms. The van der Waals surface area contributed by atoms with Gasteiger partial charge in [0.2, 0.25) is 0 Å². The van der Waals surface area contributed by atoms with Crippen LogP contribution < -0.4 is 5.32 Å². The number of aliphatic hydroxyl groups is 1. The maximum Gasteiger partial charge on any atom is 0.0434 e. The maximum absolute atomic E-state index is 9.09. The number of nitrogens with one attached hydrogen (secondary N) is 1. The molecule has 1 aliphatic carbocycles. The predicted octanol–water partition coefficient (Wildman–Crippen LogP) is 3.44. The van der Waals surface area contributed by atoms with Gasteiger partial charge < -0.3 is 10.4 Å². The van der Waals surface area contributed by atoms with Crippen LogP contribution in [0, 0.1) is 18.8 Å². The average molecular weight is 261 g/mol. The van der Waals surface area contributed by atoms with Crippen LogP contribution in [-0.2, 0) is 0 Å². The van der Waals surface area contributed by atoms with Gasteiger partial charge in [0.1, 0.15) is 0 Å². The molecule has 0 heterocycles. The maximum atomic E-state index is 9.09. The largest absolute Gasteiger partial charge is 0.396 e. The van der Waals surface area contributed by atoms with E-state index in [9.17, 15) is 0 Å². The van der Waals surface area contributed by atoms with Crippen molar-refractivity contribution in [3.8, 4) is 0 Å². The zero-order valence-corrected chi connectivity index (χ0v) is 12.2. The zero-order chi connectivity index (χ0) is 13.7. The molecule has 0 spiro atoms. The van der Waals surface area contributed by atoms with E-state index in [0.29, 0.717) is 18.6 Å². The lowest BCUT2D eigenvalue weighted by Gasteiger charge is -2.24. The molecule has 1 saturated carbocycles. The quantitative estimate of drug-likeness (QED) is 0.751. The van der Waals surface area contributed by atoms with Gasteiger partial charge in [0.25, 0.3) is 0 Å². The number of aryl methyl sites for hydroxylation is 1. The van der Waals surface area contributed by atoms with Gasteiger partial charge in [-0.2, -0.15) is 0 Å². The molecule has 2 N–H and O–H groups in total. The first-order chi connectivity index (χ1) is 9.26. The lowest BCUT2D eigenvalue weighted by atomic mass is 9.96. The molecule has 0 saturated heterocycles. The molecule has 19 heavy (non-hydrogen) atoms. The van der Waals surface area contributed by atoms with Gasteiger partial charge in [0, 0.05) is 12.6 Å². The predicted molar refractivity (Wildman–Crippen MR) is 80.1 cm³/mol. The highest BCUT2D eigenvalue weighted by Gasteiger charge is 2.32. The second-order valence-electron chi connectivity index (χ2n) is 5.87. The van der Waals surface area contributed by atoms with Crippen LogP contribution >= 0.6 is 0 Å². The molecule has 2 nitrogen and oxygen atoms in total. The summed E-state index contributed by atoms with van der Waals surface area (Å²) in [5, 5.41) is 12.9. The van der Waals surface area contributed by atoms with E-state index >= 15 is 0 Å². The van der Waals surface area contributed by atoms with E-state index in [2.05, 4.69) is 43.4 Å². The highest BCUT2D eigenvalue weighted by Crippen LogP contribution is 2.41. The minimum Gasteiger partial charge on any atom is -0.396 e. The SMILES string of the molecule is CCC(CCO)CNC(c1ccccc1C)C1CC1. The molecule has 0 radical (unpaired) electrons. The Balaban J connectivity index is 1.99. The lowest BCUT2D eigenvalue weighted by Crippen LogP contribution is -2.29. The van der Waals surface area contributed by atoms with Crippen LogP contribution in [0.2, 0.25) is 0 Å². The molecule has 2 unspecified atom stereocenters. The summed E-state index contributed by atoms with van der Waals surface area (Å²) in [5.41, 5.74) is 2.85. The van der Waals surface area contributed by atoms with E-state index < -0.39 is 0 Å². The van der Waals surface area contributed by atoms with E-state index in [-0.39, 0.29) is 0 Å². The van der Waals surface area contributed by atoms with Gasteiger partial charge >= 0.3 is 0 Å². The third-order valence-electron chi connectivity index (χ3n) is 4.36. The van der Waals surface area contributed by atoms with Crippen LogP contribution in [0.5, 0.6) is 0 Å². The number of benzene rings is 1. The normalized spacial score (nSPS) is 18.3. The van der Waals surface area contributed by atoms with Crippen molar-refractivity contribution in [3.63, 3.8) is 0 Å². The van der Waals surface area contributed by atoms with Crippen LogP contribution in [0.3, 0.4) is 0 Å². The first-order valence-electron chi connectivity index (χ1n) is 7.66. The van der Waals surface area contributed by atoms with Gasteiger partial charge in [0.15, 0.2) is 0 Å². The Morgan fingerprint density at radius 1 is 1.32 bits per heavy atom. The molecule has 2 heteroatoms. The standard InChI is InChI=1S/C17H27NO/c1-3-14(10-11-19)12-18-17(15-8-9-15)16-7-5-4-6-13(16)2/h4-7,14-15,17-19H,3,8-12H2,1-2H3. The highest BCUT2D eigenvalue weighted by molar-refractivity contribution is 5.30. The van der Waals surface area contributed by atoms with E-state index in [1.165, 1.54) is 24.0 Å². The van der Waals surface area contributed by atoms with Gasteiger partial charge in [-0.15, -0.1) is 0 Å². The van der Waals surface area contributed by atoms with Crippen LogP contribution in [0.4, 0.5) is 0 Å². The molecule has 2 rings (SSSR count). The summed E-state index contributed by atoms with van der Waals surface area (Å²) in [4.78, 5) is 0. The fourth-order valence-electron chi connectivity index (χ4n) is 2.82. The van der Waals surface area contributed by atoms with Crippen molar-refractivity contribution < 1.29 is 5.11 Å². The lowest BCUT2D eigenvalue weighted by molar-refractivity contribution is 0.247. The van der Waals surface area contributed by atoms with Crippen molar-refractivity contribution in [3.05, 3.63) is 35.4 Å². The minimum atomic E-state index is 0.304. The first-order valence-corrected chi connectivity index (χ1v) is 7.66. The molecule has 106 valence electrons. The second kappa shape index (κ2) is 7.06. The van der Waals surface area contributed by atoms with Crippen molar-refractivity contribution in [2.24, 2.45) is 11.8 Å². The summed E-state index contributed by atoms with van der Waals surface area (Å²) in [6.45, 7) is 5.74. The topological polar surface area (TPSA) is 32.3 Å².